The largest absolute Gasteiger partial charge is 0.495 e. The molecule has 2 aliphatic carbocycles. The fourth-order valence-electron chi connectivity index (χ4n) is 6.30. The minimum Gasteiger partial charge on any atom is -0.495 e. The Morgan fingerprint density at radius 2 is 2.00 bits per heavy atom. The van der Waals surface area contributed by atoms with Crippen LogP contribution in [-0.2, 0) is 0 Å². The predicted molar refractivity (Wildman–Crippen MR) is 131 cm³/mol. The lowest BCUT2D eigenvalue weighted by atomic mass is 9.79. The molecule has 4 unspecified atom stereocenters. The summed E-state index contributed by atoms with van der Waals surface area (Å²) in [6.45, 7) is 4.03. The summed E-state index contributed by atoms with van der Waals surface area (Å²) in [6.07, 6.45) is 11.3. The van der Waals surface area contributed by atoms with E-state index in [1.165, 1.54) is 23.5 Å². The summed E-state index contributed by atoms with van der Waals surface area (Å²) in [7, 11) is 5.69. The van der Waals surface area contributed by atoms with E-state index in [-0.39, 0.29) is 5.54 Å². The SMILES string of the molecule is COc1ccc(C(O)N2CCC3(CC2)NC2=CC(C)CC=C2N2C3=CC3CC32)cc1N(C)C. The highest BCUT2D eigenvalue weighted by Gasteiger charge is 2.57. The van der Waals surface area contributed by atoms with Crippen molar-refractivity contribution in [3.05, 3.63) is 59.1 Å². The number of benzene rings is 1. The zero-order valence-electron chi connectivity index (χ0n) is 20.2. The van der Waals surface area contributed by atoms with Crippen LogP contribution in [0.4, 0.5) is 5.69 Å². The third kappa shape index (κ3) is 3.29. The summed E-state index contributed by atoms with van der Waals surface area (Å²) in [6, 6.07) is 6.67. The maximum absolute atomic E-state index is 11.3. The molecule has 1 saturated carbocycles. The molecule has 6 rings (SSSR count). The van der Waals surface area contributed by atoms with E-state index in [9.17, 15) is 5.11 Å². The number of aliphatic hydroxyl groups is 1. The molecule has 2 saturated heterocycles. The smallest absolute Gasteiger partial charge is 0.142 e. The molecule has 5 aliphatic rings. The Bertz CT molecular complexity index is 1050. The van der Waals surface area contributed by atoms with Crippen molar-refractivity contribution >= 4 is 5.69 Å². The number of nitrogens with zero attached hydrogens (tertiary/aromatic N) is 3. The molecule has 3 fully saturated rings. The maximum atomic E-state index is 11.3. The van der Waals surface area contributed by atoms with Crippen molar-refractivity contribution in [1.29, 1.82) is 0 Å². The lowest BCUT2D eigenvalue weighted by molar-refractivity contribution is -0.0256. The van der Waals surface area contributed by atoms with Crippen molar-refractivity contribution in [2.24, 2.45) is 11.8 Å². The molecule has 6 nitrogen and oxygen atoms in total. The average molecular weight is 449 g/mol. The van der Waals surface area contributed by atoms with Crippen molar-refractivity contribution in [2.45, 2.75) is 50.4 Å². The molecule has 4 atom stereocenters. The number of allylic oxidation sites excluding steroid dienone is 2. The summed E-state index contributed by atoms with van der Waals surface area (Å²) in [5, 5.41) is 15.3. The lowest BCUT2D eigenvalue weighted by Crippen LogP contribution is -2.61. The van der Waals surface area contributed by atoms with Gasteiger partial charge in [0.2, 0.25) is 0 Å². The van der Waals surface area contributed by atoms with Gasteiger partial charge >= 0.3 is 0 Å². The number of anilines is 1. The average Bonchev–Trinajstić information content (AvgIpc) is 3.48. The second-order valence-corrected chi connectivity index (χ2v) is 10.7. The van der Waals surface area contributed by atoms with E-state index in [1.807, 2.05) is 37.2 Å². The van der Waals surface area contributed by atoms with Gasteiger partial charge in [0.15, 0.2) is 0 Å². The number of fused-ring (bicyclic) bond motifs is 6. The monoisotopic (exact) mass is 448 g/mol. The van der Waals surface area contributed by atoms with E-state index in [4.69, 9.17) is 4.74 Å². The van der Waals surface area contributed by atoms with Crippen LogP contribution in [-0.4, -0.2) is 60.8 Å². The number of hydrogen-bond donors (Lipinski definition) is 2. The first-order chi connectivity index (χ1) is 15.9. The first-order valence-electron chi connectivity index (χ1n) is 12.4. The molecular formula is C27H36N4O2. The van der Waals surface area contributed by atoms with Crippen LogP contribution in [0, 0.1) is 11.8 Å². The molecule has 1 spiro atoms. The van der Waals surface area contributed by atoms with Crippen LogP contribution in [0.15, 0.2) is 53.5 Å². The fraction of sp³-hybridized carbons (Fsp3) is 0.556. The normalized spacial score (nSPS) is 30.3. The second kappa shape index (κ2) is 7.54. The topological polar surface area (TPSA) is 51.2 Å². The van der Waals surface area contributed by atoms with Gasteiger partial charge in [-0.05, 0) is 49.3 Å². The van der Waals surface area contributed by atoms with E-state index < -0.39 is 6.23 Å². The standard InChI is InChI=1S/C27H36N4O2/c1-17-5-7-21-20(13-17)28-27(25-16-19-15-22(19)31(21)25)9-11-30(12-10-27)26(32)18-6-8-24(33-4)23(14-18)29(2)3/h6-8,13-14,16-17,19,22,26,28,32H,5,9-12,15H2,1-4H3. The van der Waals surface area contributed by atoms with Crippen molar-refractivity contribution in [2.75, 3.05) is 39.2 Å². The van der Waals surface area contributed by atoms with Gasteiger partial charge in [0, 0.05) is 44.8 Å². The van der Waals surface area contributed by atoms with Crippen molar-refractivity contribution in [1.82, 2.24) is 15.1 Å². The van der Waals surface area contributed by atoms with Gasteiger partial charge in [-0.3, -0.25) is 4.90 Å². The van der Waals surface area contributed by atoms with Gasteiger partial charge < -0.3 is 25.0 Å². The number of ether oxygens (including phenoxy) is 1. The van der Waals surface area contributed by atoms with Crippen molar-refractivity contribution in [3.8, 4) is 5.75 Å². The van der Waals surface area contributed by atoms with Crippen LogP contribution in [0.1, 0.15) is 44.4 Å². The van der Waals surface area contributed by atoms with E-state index in [0.29, 0.717) is 12.0 Å². The zero-order chi connectivity index (χ0) is 22.9. The summed E-state index contributed by atoms with van der Waals surface area (Å²) >= 11 is 0. The van der Waals surface area contributed by atoms with E-state index >= 15 is 0 Å². The molecule has 3 aliphatic heterocycles. The highest BCUT2D eigenvalue weighted by atomic mass is 16.5. The van der Waals surface area contributed by atoms with Gasteiger partial charge in [-0.15, -0.1) is 0 Å². The first kappa shape index (κ1) is 21.1. The summed E-state index contributed by atoms with van der Waals surface area (Å²) < 4.78 is 5.50. The Balaban J connectivity index is 1.23. The Labute approximate surface area is 197 Å². The van der Waals surface area contributed by atoms with Gasteiger partial charge in [0.05, 0.1) is 29.7 Å². The van der Waals surface area contributed by atoms with Crippen LogP contribution in [0.3, 0.4) is 0 Å². The Hall–Kier alpha value is -2.44. The number of aliphatic hydroxyl groups excluding tert-OH is 1. The molecule has 2 N–H and O–H groups in total. The molecular weight excluding hydrogens is 412 g/mol. The number of hydrogen-bond acceptors (Lipinski definition) is 6. The number of piperazine rings is 1. The van der Waals surface area contributed by atoms with Crippen LogP contribution in [0.2, 0.25) is 0 Å². The molecule has 0 aromatic heterocycles. The van der Waals surface area contributed by atoms with E-state index in [1.54, 1.807) is 7.11 Å². The van der Waals surface area contributed by atoms with Gasteiger partial charge in [-0.25, -0.2) is 0 Å². The third-order valence-corrected chi connectivity index (χ3v) is 8.28. The minimum absolute atomic E-state index is 0.0153. The number of piperidine rings is 1. The van der Waals surface area contributed by atoms with Gasteiger partial charge in [-0.2, -0.15) is 0 Å². The molecule has 0 bridgehead atoms. The number of nitrogens with one attached hydrogen (secondary N) is 1. The predicted octanol–water partition coefficient (Wildman–Crippen LogP) is 3.59. The summed E-state index contributed by atoms with van der Waals surface area (Å²) in [5.74, 6) is 2.13. The van der Waals surface area contributed by atoms with Gasteiger partial charge in [0.25, 0.3) is 0 Å². The van der Waals surface area contributed by atoms with Crippen LogP contribution >= 0.6 is 0 Å². The van der Waals surface area contributed by atoms with Crippen LogP contribution in [0.25, 0.3) is 0 Å². The Morgan fingerprint density at radius 3 is 2.73 bits per heavy atom. The number of rotatable bonds is 4. The molecule has 1 aromatic rings. The fourth-order valence-corrected chi connectivity index (χ4v) is 6.30. The summed E-state index contributed by atoms with van der Waals surface area (Å²) in [4.78, 5) is 6.92. The van der Waals surface area contributed by atoms with E-state index in [2.05, 4.69) is 40.3 Å². The molecule has 0 amide bonds. The summed E-state index contributed by atoms with van der Waals surface area (Å²) in [5.41, 5.74) is 6.13. The highest BCUT2D eigenvalue weighted by molar-refractivity contribution is 5.59. The Morgan fingerprint density at radius 1 is 1.21 bits per heavy atom. The Kier molecular flexibility index (Phi) is 4.82. The molecule has 1 aromatic carbocycles. The molecule has 3 heterocycles. The van der Waals surface area contributed by atoms with E-state index in [0.717, 1.165) is 55.3 Å². The third-order valence-electron chi connectivity index (χ3n) is 8.28. The van der Waals surface area contributed by atoms with Crippen LogP contribution in [0.5, 0.6) is 5.75 Å². The van der Waals surface area contributed by atoms with Gasteiger partial charge in [-0.1, -0.05) is 31.2 Å². The van der Waals surface area contributed by atoms with Gasteiger partial charge in [0.1, 0.15) is 12.0 Å². The molecule has 6 heteroatoms. The second-order valence-electron chi connectivity index (χ2n) is 10.7. The zero-order valence-corrected chi connectivity index (χ0v) is 20.2. The first-order valence-corrected chi connectivity index (χ1v) is 12.4. The van der Waals surface area contributed by atoms with Crippen molar-refractivity contribution in [3.63, 3.8) is 0 Å². The molecule has 33 heavy (non-hydrogen) atoms. The lowest BCUT2D eigenvalue weighted by Gasteiger charge is -2.53. The highest BCUT2D eigenvalue weighted by Crippen LogP contribution is 2.55. The molecule has 0 radical (unpaired) electrons. The minimum atomic E-state index is -0.609. The van der Waals surface area contributed by atoms with Crippen molar-refractivity contribution < 1.29 is 9.84 Å². The molecule has 176 valence electrons. The maximum Gasteiger partial charge on any atom is 0.142 e. The van der Waals surface area contributed by atoms with Crippen LogP contribution < -0.4 is 15.0 Å². The quantitative estimate of drug-likeness (QED) is 0.734. The number of methoxy groups -OCH3 is 1. The number of likely N-dealkylation sites (tertiary alicyclic amines) is 1.